The van der Waals surface area contributed by atoms with E-state index in [9.17, 15) is 13.5 Å². The molecule has 5 nitrogen and oxygen atoms in total. The summed E-state index contributed by atoms with van der Waals surface area (Å²) in [4.78, 5) is 0.151. The van der Waals surface area contributed by atoms with E-state index < -0.39 is 10.0 Å². The van der Waals surface area contributed by atoms with E-state index in [1.807, 2.05) is 0 Å². The Morgan fingerprint density at radius 1 is 1.37 bits per heavy atom. The third-order valence-corrected chi connectivity index (χ3v) is 5.33. The van der Waals surface area contributed by atoms with Gasteiger partial charge in [0.05, 0.1) is 4.90 Å². The molecule has 0 spiro atoms. The number of benzene rings is 1. The van der Waals surface area contributed by atoms with Crippen LogP contribution in [-0.2, 0) is 14.8 Å². The molecule has 0 bridgehead atoms. The summed E-state index contributed by atoms with van der Waals surface area (Å²) in [5.74, 6) is 0.399. The molecule has 0 radical (unpaired) electrons. The van der Waals surface area contributed by atoms with Gasteiger partial charge in [-0.1, -0.05) is 6.07 Å². The first-order valence-corrected chi connectivity index (χ1v) is 7.76. The lowest BCUT2D eigenvalue weighted by molar-refractivity contribution is 0.121. The molecule has 1 saturated heterocycles. The van der Waals surface area contributed by atoms with Gasteiger partial charge < -0.3 is 9.84 Å². The Balaban J connectivity index is 2.10. The normalized spacial score (nSPS) is 18.6. The number of sulfonamides is 1. The molecule has 0 aliphatic carbocycles. The summed E-state index contributed by atoms with van der Waals surface area (Å²) in [7, 11) is -1.83. The summed E-state index contributed by atoms with van der Waals surface area (Å²) in [5, 5.41) is 9.39. The van der Waals surface area contributed by atoms with Crippen LogP contribution < -0.4 is 0 Å². The van der Waals surface area contributed by atoms with Crippen LogP contribution in [0.5, 0.6) is 5.75 Å². The Hall–Kier alpha value is -1.11. The van der Waals surface area contributed by atoms with E-state index >= 15 is 0 Å². The maximum absolute atomic E-state index is 12.4. The molecule has 0 aromatic heterocycles. The average molecular weight is 285 g/mol. The minimum atomic E-state index is -3.49. The van der Waals surface area contributed by atoms with E-state index in [2.05, 4.69) is 0 Å². The lowest BCUT2D eigenvalue weighted by atomic mass is 9.99. The first-order chi connectivity index (χ1) is 9.04. The molecule has 0 atom stereocenters. The highest BCUT2D eigenvalue weighted by Gasteiger charge is 2.29. The minimum Gasteiger partial charge on any atom is -0.508 e. The highest BCUT2D eigenvalue weighted by Crippen LogP contribution is 2.25. The van der Waals surface area contributed by atoms with Gasteiger partial charge in [0.25, 0.3) is 0 Å². The molecule has 19 heavy (non-hydrogen) atoms. The second-order valence-electron chi connectivity index (χ2n) is 4.80. The van der Waals surface area contributed by atoms with Crippen molar-refractivity contribution in [3.05, 3.63) is 24.3 Å². The van der Waals surface area contributed by atoms with Crippen molar-refractivity contribution in [2.45, 2.75) is 17.7 Å². The van der Waals surface area contributed by atoms with Crippen molar-refractivity contribution in [2.75, 3.05) is 26.8 Å². The number of hydrogen-bond acceptors (Lipinski definition) is 4. The molecule has 1 heterocycles. The van der Waals surface area contributed by atoms with Crippen LogP contribution in [0.4, 0.5) is 0 Å². The van der Waals surface area contributed by atoms with Crippen molar-refractivity contribution in [3.63, 3.8) is 0 Å². The van der Waals surface area contributed by atoms with Crippen molar-refractivity contribution in [2.24, 2.45) is 5.92 Å². The number of nitrogens with zero attached hydrogens (tertiary/aromatic N) is 1. The van der Waals surface area contributed by atoms with Gasteiger partial charge in [0.1, 0.15) is 5.75 Å². The van der Waals surface area contributed by atoms with Gasteiger partial charge in [-0.25, -0.2) is 8.42 Å². The quantitative estimate of drug-likeness (QED) is 0.909. The van der Waals surface area contributed by atoms with E-state index in [1.165, 1.54) is 22.5 Å². The molecular formula is C13H19NO4S. The predicted molar refractivity (Wildman–Crippen MR) is 71.5 cm³/mol. The highest BCUT2D eigenvalue weighted by atomic mass is 32.2. The SMILES string of the molecule is COCC1CCN(S(=O)(=O)c2cccc(O)c2)CC1. The fourth-order valence-corrected chi connectivity index (χ4v) is 3.85. The van der Waals surface area contributed by atoms with Crippen LogP contribution >= 0.6 is 0 Å². The van der Waals surface area contributed by atoms with Crippen molar-refractivity contribution in [1.29, 1.82) is 0 Å². The standard InChI is InChI=1S/C13H19NO4S/c1-18-10-11-5-7-14(8-6-11)19(16,17)13-4-2-3-12(15)9-13/h2-4,9,11,15H,5-8,10H2,1H3. The summed E-state index contributed by atoms with van der Waals surface area (Å²) in [6, 6.07) is 5.80. The number of ether oxygens (including phenoxy) is 1. The second kappa shape index (κ2) is 5.90. The summed E-state index contributed by atoms with van der Waals surface area (Å²) in [5.41, 5.74) is 0. The predicted octanol–water partition coefficient (Wildman–Crippen LogP) is 1.44. The van der Waals surface area contributed by atoms with Crippen molar-refractivity contribution in [3.8, 4) is 5.75 Å². The van der Waals surface area contributed by atoms with Gasteiger partial charge in [0.15, 0.2) is 0 Å². The molecule has 1 fully saturated rings. The number of phenolic OH excluding ortho intramolecular Hbond substituents is 1. The topological polar surface area (TPSA) is 66.8 Å². The lowest BCUT2D eigenvalue weighted by Crippen LogP contribution is -2.39. The summed E-state index contributed by atoms with van der Waals surface area (Å²) < 4.78 is 31.4. The van der Waals surface area contributed by atoms with Gasteiger partial charge in [0.2, 0.25) is 10.0 Å². The van der Waals surface area contributed by atoms with Crippen molar-refractivity contribution < 1.29 is 18.3 Å². The highest BCUT2D eigenvalue weighted by molar-refractivity contribution is 7.89. The van der Waals surface area contributed by atoms with Gasteiger partial charge in [-0.3, -0.25) is 0 Å². The van der Waals surface area contributed by atoms with E-state index in [4.69, 9.17) is 4.74 Å². The molecule has 1 N–H and O–H groups in total. The zero-order valence-electron chi connectivity index (χ0n) is 10.9. The van der Waals surface area contributed by atoms with E-state index in [1.54, 1.807) is 13.2 Å². The van der Waals surface area contributed by atoms with Crippen molar-refractivity contribution in [1.82, 2.24) is 4.31 Å². The molecule has 1 aliphatic heterocycles. The van der Waals surface area contributed by atoms with Crippen molar-refractivity contribution >= 4 is 10.0 Å². The third kappa shape index (κ3) is 3.26. The van der Waals surface area contributed by atoms with Gasteiger partial charge in [-0.15, -0.1) is 0 Å². The fraction of sp³-hybridized carbons (Fsp3) is 0.538. The Morgan fingerprint density at radius 3 is 2.63 bits per heavy atom. The monoisotopic (exact) mass is 285 g/mol. The molecular weight excluding hydrogens is 266 g/mol. The number of piperidine rings is 1. The number of hydrogen-bond donors (Lipinski definition) is 1. The van der Waals surface area contributed by atoms with Crippen LogP contribution in [0, 0.1) is 5.92 Å². The molecule has 0 saturated carbocycles. The lowest BCUT2D eigenvalue weighted by Gasteiger charge is -2.30. The molecule has 2 rings (SSSR count). The number of phenols is 1. The number of rotatable bonds is 4. The van der Waals surface area contributed by atoms with Crippen LogP contribution in [0.2, 0.25) is 0 Å². The Morgan fingerprint density at radius 2 is 2.05 bits per heavy atom. The maximum atomic E-state index is 12.4. The number of aromatic hydroxyl groups is 1. The van der Waals surface area contributed by atoms with Crippen LogP contribution in [0.25, 0.3) is 0 Å². The van der Waals surface area contributed by atoms with E-state index in [0.717, 1.165) is 12.8 Å². The van der Waals surface area contributed by atoms with Gasteiger partial charge >= 0.3 is 0 Å². The average Bonchev–Trinajstić information content (AvgIpc) is 2.40. The maximum Gasteiger partial charge on any atom is 0.243 e. The second-order valence-corrected chi connectivity index (χ2v) is 6.74. The minimum absolute atomic E-state index is 0.0321. The molecule has 106 valence electrons. The van der Waals surface area contributed by atoms with Crippen LogP contribution in [0.3, 0.4) is 0 Å². The molecule has 1 aromatic carbocycles. The zero-order chi connectivity index (χ0) is 13.9. The molecule has 0 amide bonds. The van der Waals surface area contributed by atoms with Crippen LogP contribution in [-0.4, -0.2) is 44.6 Å². The fourth-order valence-electron chi connectivity index (χ4n) is 2.35. The Labute approximate surface area is 113 Å². The zero-order valence-corrected chi connectivity index (χ0v) is 11.8. The third-order valence-electron chi connectivity index (χ3n) is 3.43. The van der Waals surface area contributed by atoms with Gasteiger partial charge in [-0.05, 0) is 37.0 Å². The molecule has 1 aliphatic rings. The number of methoxy groups -OCH3 is 1. The smallest absolute Gasteiger partial charge is 0.243 e. The van der Waals surface area contributed by atoms with Gasteiger partial charge in [0, 0.05) is 26.8 Å². The van der Waals surface area contributed by atoms with Gasteiger partial charge in [-0.2, -0.15) is 4.31 Å². The van der Waals surface area contributed by atoms with Crippen LogP contribution in [0.15, 0.2) is 29.2 Å². The van der Waals surface area contributed by atoms with E-state index in [-0.39, 0.29) is 10.6 Å². The molecule has 0 unspecified atom stereocenters. The summed E-state index contributed by atoms with van der Waals surface area (Å²) in [6.45, 7) is 1.69. The Bertz CT molecular complexity index is 521. The molecule has 1 aromatic rings. The van der Waals surface area contributed by atoms with Crippen LogP contribution in [0.1, 0.15) is 12.8 Å². The Kier molecular flexibility index (Phi) is 4.44. The first-order valence-electron chi connectivity index (χ1n) is 6.32. The molecule has 6 heteroatoms. The summed E-state index contributed by atoms with van der Waals surface area (Å²) in [6.07, 6.45) is 1.62. The first kappa shape index (κ1) is 14.3. The van der Waals surface area contributed by atoms with E-state index in [0.29, 0.717) is 25.6 Å². The largest absolute Gasteiger partial charge is 0.508 e. The summed E-state index contributed by atoms with van der Waals surface area (Å²) >= 11 is 0.